The van der Waals surface area contributed by atoms with Crippen LogP contribution in [0.15, 0.2) is 18.2 Å². The maximum atomic E-state index is 12.8. The predicted molar refractivity (Wildman–Crippen MR) is 108 cm³/mol. The van der Waals surface area contributed by atoms with E-state index in [-0.39, 0.29) is 17.7 Å². The van der Waals surface area contributed by atoms with Crippen LogP contribution in [0.5, 0.6) is 0 Å². The maximum Gasteiger partial charge on any atom is 0.234 e. The van der Waals surface area contributed by atoms with Crippen molar-refractivity contribution in [1.82, 2.24) is 0 Å². The van der Waals surface area contributed by atoms with Crippen LogP contribution < -0.4 is 10.2 Å². The van der Waals surface area contributed by atoms with Crippen LogP contribution in [0.3, 0.4) is 0 Å². The number of thioether (sulfide) groups is 1. The Balaban J connectivity index is 1.38. The van der Waals surface area contributed by atoms with Crippen molar-refractivity contribution in [3.63, 3.8) is 0 Å². The lowest BCUT2D eigenvalue weighted by molar-refractivity contribution is -0.122. The first kappa shape index (κ1) is 17.9. The molecular formula is C21H28N2O2S. The Labute approximate surface area is 160 Å². The summed E-state index contributed by atoms with van der Waals surface area (Å²) in [5.74, 6) is 1.06. The molecule has 0 saturated heterocycles. The highest BCUT2D eigenvalue weighted by Crippen LogP contribution is 2.35. The molecule has 0 radical (unpaired) electrons. The number of anilines is 2. The van der Waals surface area contributed by atoms with Gasteiger partial charge < -0.3 is 10.2 Å². The van der Waals surface area contributed by atoms with E-state index in [0.29, 0.717) is 11.0 Å². The number of benzene rings is 1. The van der Waals surface area contributed by atoms with E-state index in [1.807, 2.05) is 17.0 Å². The largest absolute Gasteiger partial charge is 0.325 e. The van der Waals surface area contributed by atoms with Crippen LogP contribution in [0.4, 0.5) is 11.4 Å². The lowest BCUT2D eigenvalue weighted by atomic mass is 10.1. The number of nitrogens with one attached hydrogen (secondary N) is 1. The summed E-state index contributed by atoms with van der Waals surface area (Å²) < 4.78 is 0. The highest BCUT2D eigenvalue weighted by Gasteiger charge is 2.32. The molecule has 0 aromatic heterocycles. The lowest BCUT2D eigenvalue weighted by Crippen LogP contribution is -2.33. The standard InChI is InChI=1S/C21H28N2O2S/c24-20(14-26-18-7-3-4-8-18)22-17-10-9-15-11-12-23(19(15)13-17)21(25)16-5-1-2-6-16/h9-10,13,16,18H,1-8,11-12,14H2,(H,22,24). The van der Waals surface area contributed by atoms with Crippen LogP contribution in [0, 0.1) is 5.92 Å². The van der Waals surface area contributed by atoms with Crippen molar-refractivity contribution in [3.05, 3.63) is 23.8 Å². The third-order valence-corrected chi connectivity index (χ3v) is 7.36. The van der Waals surface area contributed by atoms with Crippen LogP contribution in [0.2, 0.25) is 0 Å². The van der Waals surface area contributed by atoms with Gasteiger partial charge >= 0.3 is 0 Å². The summed E-state index contributed by atoms with van der Waals surface area (Å²) in [5.41, 5.74) is 3.03. The van der Waals surface area contributed by atoms with Crippen LogP contribution in [0.1, 0.15) is 56.9 Å². The Hall–Kier alpha value is -1.49. The summed E-state index contributed by atoms with van der Waals surface area (Å²) in [6.07, 6.45) is 10.4. The van der Waals surface area contributed by atoms with Crippen molar-refractivity contribution >= 4 is 35.0 Å². The molecule has 140 valence electrons. The topological polar surface area (TPSA) is 49.4 Å². The minimum atomic E-state index is 0.0634. The first-order valence-electron chi connectivity index (χ1n) is 10.1. The van der Waals surface area contributed by atoms with Crippen LogP contribution in [0.25, 0.3) is 0 Å². The third kappa shape index (κ3) is 3.93. The molecule has 26 heavy (non-hydrogen) atoms. The lowest BCUT2D eigenvalue weighted by Gasteiger charge is -2.21. The summed E-state index contributed by atoms with van der Waals surface area (Å²) in [6, 6.07) is 6.03. The summed E-state index contributed by atoms with van der Waals surface area (Å²) >= 11 is 1.78. The number of rotatable bonds is 5. The Morgan fingerprint density at radius 2 is 1.81 bits per heavy atom. The minimum Gasteiger partial charge on any atom is -0.325 e. The fourth-order valence-corrected chi connectivity index (χ4v) is 5.65. The molecule has 4 nitrogen and oxygen atoms in total. The second kappa shape index (κ2) is 8.03. The van der Waals surface area contributed by atoms with Crippen LogP contribution in [-0.4, -0.2) is 29.4 Å². The quantitative estimate of drug-likeness (QED) is 0.834. The molecule has 1 N–H and O–H groups in total. The number of hydrogen-bond donors (Lipinski definition) is 1. The molecule has 1 aliphatic heterocycles. The smallest absolute Gasteiger partial charge is 0.234 e. The summed E-state index contributed by atoms with van der Waals surface area (Å²) in [6.45, 7) is 0.777. The van der Waals surface area contributed by atoms with Gasteiger partial charge in [0.1, 0.15) is 0 Å². The van der Waals surface area contributed by atoms with Crippen molar-refractivity contribution in [3.8, 4) is 0 Å². The number of nitrogens with zero attached hydrogens (tertiary/aromatic N) is 1. The van der Waals surface area contributed by atoms with Crippen molar-refractivity contribution in [2.24, 2.45) is 5.92 Å². The highest BCUT2D eigenvalue weighted by atomic mass is 32.2. The molecule has 2 aliphatic carbocycles. The Morgan fingerprint density at radius 1 is 1.08 bits per heavy atom. The molecule has 0 unspecified atom stereocenters. The van der Waals surface area contributed by atoms with E-state index in [2.05, 4.69) is 11.4 Å². The first-order chi connectivity index (χ1) is 12.7. The van der Waals surface area contributed by atoms with Crippen molar-refractivity contribution < 1.29 is 9.59 Å². The summed E-state index contributed by atoms with van der Waals surface area (Å²) in [7, 11) is 0. The average molecular weight is 373 g/mol. The normalized spacial score (nSPS) is 20.5. The molecule has 0 spiro atoms. The maximum absolute atomic E-state index is 12.8. The van der Waals surface area contributed by atoms with Gasteiger partial charge in [-0.05, 0) is 49.8 Å². The van der Waals surface area contributed by atoms with Gasteiger partial charge in [0.25, 0.3) is 0 Å². The van der Waals surface area contributed by atoms with Gasteiger partial charge in [0.05, 0.1) is 5.75 Å². The fraction of sp³-hybridized carbons (Fsp3) is 0.619. The van der Waals surface area contributed by atoms with E-state index in [0.717, 1.165) is 37.2 Å². The number of carbonyl (C=O) groups excluding carboxylic acids is 2. The van der Waals surface area contributed by atoms with Gasteiger partial charge in [0.2, 0.25) is 11.8 Å². The molecule has 1 aromatic rings. The minimum absolute atomic E-state index is 0.0634. The van der Waals surface area contributed by atoms with E-state index in [9.17, 15) is 9.59 Å². The second-order valence-electron chi connectivity index (χ2n) is 7.83. The molecule has 0 atom stereocenters. The zero-order chi connectivity index (χ0) is 17.9. The van der Waals surface area contributed by atoms with Gasteiger partial charge in [-0.15, -0.1) is 11.8 Å². The third-order valence-electron chi connectivity index (χ3n) is 5.99. The van der Waals surface area contributed by atoms with E-state index in [1.54, 1.807) is 11.8 Å². The van der Waals surface area contributed by atoms with Crippen LogP contribution >= 0.6 is 11.8 Å². The van der Waals surface area contributed by atoms with E-state index in [4.69, 9.17) is 0 Å². The fourth-order valence-electron chi connectivity index (χ4n) is 4.52. The van der Waals surface area contributed by atoms with Crippen LogP contribution in [-0.2, 0) is 16.0 Å². The molecular weight excluding hydrogens is 344 g/mol. The zero-order valence-corrected chi connectivity index (χ0v) is 16.2. The van der Waals surface area contributed by atoms with Gasteiger partial charge in [0, 0.05) is 29.1 Å². The second-order valence-corrected chi connectivity index (χ2v) is 9.12. The van der Waals surface area contributed by atoms with E-state index in [1.165, 1.54) is 44.1 Å². The Kier molecular flexibility index (Phi) is 5.53. The molecule has 2 amide bonds. The number of amides is 2. The molecule has 5 heteroatoms. The Bertz CT molecular complexity index is 679. The molecule has 2 fully saturated rings. The zero-order valence-electron chi connectivity index (χ0n) is 15.3. The van der Waals surface area contributed by atoms with Crippen molar-refractivity contribution in [2.45, 2.75) is 63.0 Å². The molecule has 0 bridgehead atoms. The molecule has 1 aromatic carbocycles. The molecule has 2 saturated carbocycles. The van der Waals surface area contributed by atoms with E-state index >= 15 is 0 Å². The first-order valence-corrected chi connectivity index (χ1v) is 11.1. The molecule has 4 rings (SSSR count). The van der Waals surface area contributed by atoms with Gasteiger partial charge in [-0.25, -0.2) is 0 Å². The molecule has 1 heterocycles. The van der Waals surface area contributed by atoms with Crippen molar-refractivity contribution in [1.29, 1.82) is 0 Å². The number of fused-ring (bicyclic) bond motifs is 1. The Morgan fingerprint density at radius 3 is 2.58 bits per heavy atom. The van der Waals surface area contributed by atoms with Gasteiger partial charge in [-0.3, -0.25) is 9.59 Å². The SMILES string of the molecule is O=C(CSC1CCCC1)Nc1ccc2c(c1)N(C(=O)C1CCCC1)CC2. The highest BCUT2D eigenvalue weighted by molar-refractivity contribution is 8.00. The van der Waals surface area contributed by atoms with Gasteiger partial charge in [-0.1, -0.05) is 31.7 Å². The van der Waals surface area contributed by atoms with Crippen molar-refractivity contribution in [2.75, 3.05) is 22.5 Å². The van der Waals surface area contributed by atoms with Gasteiger partial charge in [0.15, 0.2) is 0 Å². The van der Waals surface area contributed by atoms with Gasteiger partial charge in [-0.2, -0.15) is 0 Å². The average Bonchev–Trinajstić information content (AvgIpc) is 3.40. The molecule has 3 aliphatic rings. The number of hydrogen-bond acceptors (Lipinski definition) is 3. The predicted octanol–water partition coefficient (Wildman–Crippen LogP) is 4.38. The summed E-state index contributed by atoms with van der Waals surface area (Å²) in [5, 5.41) is 3.68. The summed E-state index contributed by atoms with van der Waals surface area (Å²) in [4.78, 5) is 27.1. The number of carbonyl (C=O) groups is 2. The van der Waals surface area contributed by atoms with E-state index < -0.39 is 0 Å². The monoisotopic (exact) mass is 372 g/mol.